The van der Waals surface area contributed by atoms with Gasteiger partial charge in [0.2, 0.25) is 0 Å². The molecule has 1 aliphatic heterocycles. The Morgan fingerprint density at radius 2 is 2.08 bits per heavy atom. The number of hydrogen-bond donors (Lipinski definition) is 1. The monoisotopic (exact) mass is 359 g/mol. The number of halogens is 1. The maximum Gasteiger partial charge on any atom is 0.511 e. The van der Waals surface area contributed by atoms with Crippen LogP contribution < -0.4 is 14.4 Å². The summed E-state index contributed by atoms with van der Waals surface area (Å²) in [7, 11) is 0. The first kappa shape index (κ1) is 18.0. The van der Waals surface area contributed by atoms with Crippen molar-refractivity contribution in [3.63, 3.8) is 0 Å². The molecule has 0 amide bonds. The Morgan fingerprint density at radius 1 is 1.27 bits per heavy atom. The van der Waals surface area contributed by atoms with Crippen molar-refractivity contribution >= 4 is 11.8 Å². The Kier molecular flexibility index (Phi) is 5.30. The van der Waals surface area contributed by atoms with Crippen molar-refractivity contribution in [3.05, 3.63) is 53.3 Å². The predicted molar refractivity (Wildman–Crippen MR) is 96.6 cm³/mol. The van der Waals surface area contributed by atoms with Gasteiger partial charge in [-0.2, -0.15) is 0 Å². The molecule has 0 bridgehead atoms. The normalized spacial score (nSPS) is 13.0. The molecule has 0 saturated heterocycles. The Labute approximate surface area is 152 Å². The van der Waals surface area contributed by atoms with Crippen LogP contribution in [-0.4, -0.2) is 24.4 Å². The highest BCUT2D eigenvalue weighted by molar-refractivity contribution is 5.68. The third-order valence-electron chi connectivity index (χ3n) is 4.23. The molecule has 6 heteroatoms. The van der Waals surface area contributed by atoms with Crippen LogP contribution in [0.15, 0.2) is 36.4 Å². The molecule has 1 N–H and O–H groups in total. The van der Waals surface area contributed by atoms with E-state index in [0.29, 0.717) is 43.5 Å². The summed E-state index contributed by atoms with van der Waals surface area (Å²) in [5.41, 5.74) is 2.53. The van der Waals surface area contributed by atoms with Gasteiger partial charge < -0.3 is 19.5 Å². The maximum atomic E-state index is 13.8. The number of benzene rings is 2. The molecular formula is C20H22FNO4. The number of carboxylic acid groups (broad SMARTS) is 1. The average Bonchev–Trinajstić information content (AvgIpc) is 2.98. The van der Waals surface area contributed by atoms with E-state index in [0.717, 1.165) is 16.8 Å². The first-order valence-corrected chi connectivity index (χ1v) is 8.63. The van der Waals surface area contributed by atoms with Gasteiger partial charge in [-0.3, -0.25) is 0 Å². The lowest BCUT2D eigenvalue weighted by molar-refractivity contribution is 0.144. The molecule has 0 fully saturated rings. The molecule has 5 nitrogen and oxygen atoms in total. The van der Waals surface area contributed by atoms with Crippen LogP contribution >= 0.6 is 0 Å². The second-order valence-corrected chi connectivity index (χ2v) is 6.75. The fourth-order valence-electron chi connectivity index (χ4n) is 3.10. The van der Waals surface area contributed by atoms with Crippen LogP contribution in [0.1, 0.15) is 25.0 Å². The molecule has 0 atom stereocenters. The van der Waals surface area contributed by atoms with E-state index in [-0.39, 0.29) is 5.82 Å². The zero-order chi connectivity index (χ0) is 18.7. The van der Waals surface area contributed by atoms with Crippen LogP contribution in [0.25, 0.3) is 0 Å². The van der Waals surface area contributed by atoms with Gasteiger partial charge in [-0.05, 0) is 42.7 Å². The van der Waals surface area contributed by atoms with Crippen molar-refractivity contribution in [3.8, 4) is 11.5 Å². The topological polar surface area (TPSA) is 59.0 Å². The number of rotatable bonds is 6. The molecule has 138 valence electrons. The largest absolute Gasteiger partial charge is 0.511 e. The van der Waals surface area contributed by atoms with Gasteiger partial charge in [0, 0.05) is 29.9 Å². The van der Waals surface area contributed by atoms with Crippen LogP contribution in [0.4, 0.5) is 14.9 Å². The minimum atomic E-state index is -1.33. The highest BCUT2D eigenvalue weighted by Gasteiger charge is 2.24. The van der Waals surface area contributed by atoms with E-state index in [1.807, 2.05) is 6.07 Å². The van der Waals surface area contributed by atoms with E-state index >= 15 is 0 Å². The van der Waals surface area contributed by atoms with Crippen molar-refractivity contribution < 1.29 is 23.8 Å². The molecule has 0 aromatic heterocycles. The molecular weight excluding hydrogens is 337 g/mol. The lowest BCUT2D eigenvalue weighted by Gasteiger charge is -2.22. The average molecular weight is 359 g/mol. The molecule has 0 radical (unpaired) electrons. The number of fused-ring (bicyclic) bond motifs is 1. The van der Waals surface area contributed by atoms with Crippen LogP contribution in [0.2, 0.25) is 0 Å². The summed E-state index contributed by atoms with van der Waals surface area (Å²) in [6.07, 6.45) is -0.651. The van der Waals surface area contributed by atoms with Crippen molar-refractivity contribution in [2.24, 2.45) is 5.92 Å². The highest BCUT2D eigenvalue weighted by Crippen LogP contribution is 2.37. The summed E-state index contributed by atoms with van der Waals surface area (Å²) in [6.45, 7) is 5.86. The fraction of sp³-hybridized carbons (Fsp3) is 0.350. The molecule has 0 spiro atoms. The van der Waals surface area contributed by atoms with Gasteiger partial charge in [-0.1, -0.05) is 19.9 Å². The van der Waals surface area contributed by atoms with Gasteiger partial charge in [0.05, 0.1) is 6.61 Å². The Bertz CT molecular complexity index is 806. The third-order valence-corrected chi connectivity index (χ3v) is 4.23. The maximum absolute atomic E-state index is 13.8. The summed E-state index contributed by atoms with van der Waals surface area (Å²) in [5.74, 6) is 1.09. The van der Waals surface area contributed by atoms with Gasteiger partial charge in [-0.25, -0.2) is 9.18 Å². The predicted octanol–water partition coefficient (Wildman–Crippen LogP) is 4.48. The van der Waals surface area contributed by atoms with E-state index in [9.17, 15) is 9.18 Å². The zero-order valence-electron chi connectivity index (χ0n) is 14.9. The second-order valence-electron chi connectivity index (χ2n) is 6.75. The van der Waals surface area contributed by atoms with Gasteiger partial charge in [0.25, 0.3) is 0 Å². The summed E-state index contributed by atoms with van der Waals surface area (Å²) >= 11 is 0. The zero-order valence-corrected chi connectivity index (χ0v) is 14.9. The number of carbonyl (C=O) groups is 1. The number of ether oxygens (including phenoxy) is 2. The van der Waals surface area contributed by atoms with Crippen molar-refractivity contribution in [1.82, 2.24) is 0 Å². The second kappa shape index (κ2) is 7.64. The number of hydrogen-bond acceptors (Lipinski definition) is 4. The minimum absolute atomic E-state index is 0.306. The van der Waals surface area contributed by atoms with E-state index in [4.69, 9.17) is 14.6 Å². The number of anilines is 1. The lowest BCUT2D eigenvalue weighted by Crippen LogP contribution is -2.20. The van der Waals surface area contributed by atoms with Crippen molar-refractivity contribution in [2.75, 3.05) is 18.1 Å². The van der Waals surface area contributed by atoms with E-state index in [1.54, 1.807) is 18.2 Å². The molecule has 3 rings (SSSR count). The molecule has 1 aliphatic rings. The standard InChI is InChI=1S/C20H22FNO4/c1-13(2)12-25-18-7-6-15(21)10-14(18)11-22-9-8-16-17(22)4-3-5-19(16)26-20(23)24/h3-7,10,13H,8-9,11-12H2,1-2H3,(H,23,24). The van der Waals surface area contributed by atoms with Gasteiger partial charge in [0.15, 0.2) is 0 Å². The summed E-state index contributed by atoms with van der Waals surface area (Å²) in [6, 6.07) is 9.88. The molecule has 26 heavy (non-hydrogen) atoms. The first-order chi connectivity index (χ1) is 12.4. The van der Waals surface area contributed by atoms with E-state index in [1.165, 1.54) is 12.1 Å². The quantitative estimate of drug-likeness (QED) is 0.609. The summed E-state index contributed by atoms with van der Waals surface area (Å²) in [5, 5.41) is 8.88. The van der Waals surface area contributed by atoms with E-state index in [2.05, 4.69) is 18.7 Å². The fourth-order valence-corrected chi connectivity index (χ4v) is 3.10. The first-order valence-electron chi connectivity index (χ1n) is 8.63. The van der Waals surface area contributed by atoms with Crippen molar-refractivity contribution in [1.29, 1.82) is 0 Å². The summed E-state index contributed by atoms with van der Waals surface area (Å²) in [4.78, 5) is 12.9. The third kappa shape index (κ3) is 4.07. The Balaban J connectivity index is 1.84. The molecule has 2 aromatic carbocycles. The van der Waals surface area contributed by atoms with Crippen LogP contribution in [0.3, 0.4) is 0 Å². The SMILES string of the molecule is CC(C)COc1ccc(F)cc1CN1CCc2c(OC(=O)O)cccc21. The molecule has 0 unspecified atom stereocenters. The van der Waals surface area contributed by atoms with Crippen LogP contribution in [0, 0.1) is 11.7 Å². The molecule has 0 aliphatic carbocycles. The van der Waals surface area contributed by atoms with Gasteiger partial charge >= 0.3 is 6.16 Å². The minimum Gasteiger partial charge on any atom is -0.493 e. The molecule has 2 aromatic rings. The Hall–Kier alpha value is -2.76. The molecule has 1 heterocycles. The van der Waals surface area contributed by atoms with Crippen LogP contribution in [0.5, 0.6) is 11.5 Å². The van der Waals surface area contributed by atoms with Gasteiger partial charge in [0.1, 0.15) is 17.3 Å². The van der Waals surface area contributed by atoms with Gasteiger partial charge in [-0.15, -0.1) is 0 Å². The highest BCUT2D eigenvalue weighted by atomic mass is 19.1. The van der Waals surface area contributed by atoms with E-state index < -0.39 is 6.16 Å². The molecule has 0 saturated carbocycles. The lowest BCUT2D eigenvalue weighted by atomic mass is 10.1. The smallest absolute Gasteiger partial charge is 0.493 e. The Morgan fingerprint density at radius 3 is 2.81 bits per heavy atom. The number of nitrogens with zero attached hydrogens (tertiary/aromatic N) is 1. The summed E-state index contributed by atoms with van der Waals surface area (Å²) < 4.78 is 24.5. The van der Waals surface area contributed by atoms with Crippen molar-refractivity contribution in [2.45, 2.75) is 26.8 Å². The van der Waals surface area contributed by atoms with Crippen LogP contribution in [-0.2, 0) is 13.0 Å².